The van der Waals surface area contributed by atoms with E-state index >= 15 is 0 Å². The van der Waals surface area contributed by atoms with Gasteiger partial charge in [0.1, 0.15) is 0 Å². The molecule has 0 radical (unpaired) electrons. The topological polar surface area (TPSA) is 84.0 Å². The molecule has 3 aromatic carbocycles. The van der Waals surface area contributed by atoms with Crippen molar-refractivity contribution >= 4 is 57.3 Å². The molecule has 2 amide bonds. The number of benzene rings is 3. The van der Waals surface area contributed by atoms with Crippen LogP contribution in [-0.4, -0.2) is 22.0 Å². The lowest BCUT2D eigenvalue weighted by atomic mass is 10.1. The second kappa shape index (κ2) is 11.8. The fourth-order valence-corrected chi connectivity index (χ4v) is 4.96. The minimum Gasteiger partial charge on any atom is -0.322 e. The third-order valence-electron chi connectivity index (χ3n) is 5.05. The average Bonchev–Trinajstić information content (AvgIpc) is 3.34. The quantitative estimate of drug-likeness (QED) is 0.136. The van der Waals surface area contributed by atoms with Gasteiger partial charge in [0.15, 0.2) is 4.34 Å². The molecular weight excluding hydrogens is 545 g/mol. The Kier molecular flexibility index (Phi) is 8.47. The summed E-state index contributed by atoms with van der Waals surface area (Å²) in [5, 5.41) is 13.8. The zero-order chi connectivity index (χ0) is 26.4. The van der Waals surface area contributed by atoms with Crippen molar-refractivity contribution in [3.05, 3.63) is 101 Å². The number of hydrogen-bond acceptors (Lipinski definition) is 6. The van der Waals surface area contributed by atoms with E-state index in [1.807, 2.05) is 0 Å². The Morgan fingerprint density at radius 2 is 1.38 bits per heavy atom. The minimum atomic E-state index is -4.43. The van der Waals surface area contributed by atoms with Crippen molar-refractivity contribution in [1.29, 1.82) is 0 Å². The summed E-state index contributed by atoms with van der Waals surface area (Å²) >= 11 is 8.44. The van der Waals surface area contributed by atoms with E-state index in [0.717, 1.165) is 23.3 Å². The van der Waals surface area contributed by atoms with Crippen LogP contribution in [0.3, 0.4) is 0 Å². The number of nitrogens with zero attached hydrogens (tertiary/aromatic N) is 2. The zero-order valence-electron chi connectivity index (χ0n) is 18.9. The lowest BCUT2D eigenvalue weighted by molar-refractivity contribution is -0.137. The molecule has 1 heterocycles. The van der Waals surface area contributed by atoms with Crippen LogP contribution in [0.2, 0.25) is 0 Å². The van der Waals surface area contributed by atoms with Gasteiger partial charge in [0.25, 0.3) is 11.8 Å². The van der Waals surface area contributed by atoms with Gasteiger partial charge in [-0.05, 0) is 59.7 Å². The molecule has 6 nitrogen and oxygen atoms in total. The predicted octanol–water partition coefficient (Wildman–Crippen LogP) is 7.09. The van der Waals surface area contributed by atoms with Gasteiger partial charge in [-0.15, -0.1) is 21.8 Å². The van der Waals surface area contributed by atoms with E-state index in [4.69, 9.17) is 11.6 Å². The summed E-state index contributed by atoms with van der Waals surface area (Å²) in [6.45, 7) is 0. The number of anilines is 2. The molecule has 0 spiro atoms. The summed E-state index contributed by atoms with van der Waals surface area (Å²) in [4.78, 5) is 24.8. The van der Waals surface area contributed by atoms with Crippen molar-refractivity contribution < 1.29 is 22.8 Å². The normalized spacial score (nSPS) is 11.2. The molecule has 0 atom stereocenters. The summed E-state index contributed by atoms with van der Waals surface area (Å²) in [6.07, 6.45) is -4.43. The van der Waals surface area contributed by atoms with E-state index in [0.29, 0.717) is 32.2 Å². The largest absolute Gasteiger partial charge is 0.416 e. The first kappa shape index (κ1) is 26.6. The molecule has 37 heavy (non-hydrogen) atoms. The number of hydrogen-bond donors (Lipinski definition) is 2. The van der Waals surface area contributed by atoms with Gasteiger partial charge in [-0.2, -0.15) is 13.2 Å². The van der Waals surface area contributed by atoms with Gasteiger partial charge in [-0.1, -0.05) is 47.4 Å². The smallest absolute Gasteiger partial charge is 0.322 e. The van der Waals surface area contributed by atoms with Gasteiger partial charge in [0.2, 0.25) is 5.13 Å². The zero-order valence-corrected chi connectivity index (χ0v) is 21.3. The van der Waals surface area contributed by atoms with Crippen LogP contribution < -0.4 is 10.6 Å². The molecule has 1 aromatic heterocycles. The average molecular weight is 563 g/mol. The van der Waals surface area contributed by atoms with Crippen LogP contribution in [0.25, 0.3) is 0 Å². The van der Waals surface area contributed by atoms with Crippen molar-refractivity contribution in [2.75, 3.05) is 10.6 Å². The Morgan fingerprint density at radius 3 is 1.95 bits per heavy atom. The number of carbonyl (C=O) groups is 2. The molecule has 0 unspecified atom stereocenters. The molecule has 4 rings (SSSR count). The molecular formula is C25H18ClF3N4O2S2. The van der Waals surface area contributed by atoms with Crippen molar-refractivity contribution in [3.8, 4) is 0 Å². The molecule has 12 heteroatoms. The molecule has 0 fully saturated rings. The number of amides is 2. The summed E-state index contributed by atoms with van der Waals surface area (Å²) in [5.74, 6) is 0.209. The maximum absolute atomic E-state index is 12.7. The van der Waals surface area contributed by atoms with Crippen molar-refractivity contribution in [2.24, 2.45) is 0 Å². The Balaban J connectivity index is 1.28. The number of halogens is 4. The maximum Gasteiger partial charge on any atom is 0.416 e. The van der Waals surface area contributed by atoms with Gasteiger partial charge < -0.3 is 5.32 Å². The van der Waals surface area contributed by atoms with Crippen LogP contribution in [-0.2, 0) is 17.8 Å². The monoisotopic (exact) mass is 562 g/mol. The fourth-order valence-electron chi connectivity index (χ4n) is 3.08. The van der Waals surface area contributed by atoms with Gasteiger partial charge in [-0.3, -0.25) is 14.9 Å². The van der Waals surface area contributed by atoms with Crippen molar-refractivity contribution in [1.82, 2.24) is 10.2 Å². The number of nitrogens with one attached hydrogen (secondary N) is 2. The highest BCUT2D eigenvalue weighted by Gasteiger charge is 2.30. The summed E-state index contributed by atoms with van der Waals surface area (Å²) < 4.78 is 38.7. The van der Waals surface area contributed by atoms with Crippen molar-refractivity contribution in [3.63, 3.8) is 0 Å². The Labute approximate surface area is 223 Å². The minimum absolute atomic E-state index is 0.268. The van der Waals surface area contributed by atoms with Gasteiger partial charge >= 0.3 is 6.18 Å². The lowest BCUT2D eigenvalue weighted by Crippen LogP contribution is -2.12. The van der Waals surface area contributed by atoms with E-state index in [1.165, 1.54) is 35.2 Å². The van der Waals surface area contributed by atoms with Gasteiger partial charge in [0, 0.05) is 28.4 Å². The van der Waals surface area contributed by atoms with E-state index in [-0.39, 0.29) is 11.6 Å². The fraction of sp³-hybridized carbons (Fsp3) is 0.120. The van der Waals surface area contributed by atoms with Crippen LogP contribution in [0.5, 0.6) is 0 Å². The molecule has 0 bridgehead atoms. The summed E-state index contributed by atoms with van der Waals surface area (Å²) in [7, 11) is 0. The van der Waals surface area contributed by atoms with Crippen molar-refractivity contribution in [2.45, 2.75) is 22.1 Å². The molecule has 2 N–H and O–H groups in total. The molecule has 190 valence electrons. The van der Waals surface area contributed by atoms with E-state index < -0.39 is 17.6 Å². The summed E-state index contributed by atoms with van der Waals surface area (Å²) in [6, 6.07) is 18.0. The van der Waals surface area contributed by atoms with Crippen LogP contribution in [0.15, 0.2) is 77.1 Å². The molecule has 0 aliphatic carbocycles. The van der Waals surface area contributed by atoms with Crippen LogP contribution in [0.1, 0.15) is 37.4 Å². The van der Waals surface area contributed by atoms with Gasteiger partial charge in [-0.25, -0.2) is 0 Å². The van der Waals surface area contributed by atoms with E-state index in [9.17, 15) is 22.8 Å². The molecule has 0 saturated carbocycles. The Hall–Kier alpha value is -3.41. The third kappa shape index (κ3) is 7.31. The van der Waals surface area contributed by atoms with E-state index in [2.05, 4.69) is 20.8 Å². The van der Waals surface area contributed by atoms with E-state index in [1.54, 1.807) is 48.5 Å². The van der Waals surface area contributed by atoms with Crippen LogP contribution >= 0.6 is 34.7 Å². The highest BCUT2D eigenvalue weighted by Crippen LogP contribution is 2.30. The predicted molar refractivity (Wildman–Crippen MR) is 139 cm³/mol. The Morgan fingerprint density at radius 1 is 0.811 bits per heavy atom. The molecule has 0 aliphatic rings. The number of alkyl halides is 4. The number of rotatable bonds is 8. The maximum atomic E-state index is 12.7. The first-order valence-electron chi connectivity index (χ1n) is 10.7. The number of aromatic nitrogens is 2. The Bertz CT molecular complexity index is 1380. The summed E-state index contributed by atoms with van der Waals surface area (Å²) in [5.41, 5.74) is 2.19. The second-order valence-electron chi connectivity index (χ2n) is 7.67. The third-order valence-corrected chi connectivity index (χ3v) is 7.40. The molecule has 4 aromatic rings. The van der Waals surface area contributed by atoms with Crippen LogP contribution in [0.4, 0.5) is 24.0 Å². The van der Waals surface area contributed by atoms with Crippen LogP contribution in [0, 0.1) is 0 Å². The molecule has 0 aliphatic heterocycles. The number of carbonyl (C=O) groups excluding carboxylic acids is 2. The lowest BCUT2D eigenvalue weighted by Gasteiger charge is -2.09. The standard InChI is InChI=1S/C25H18ClF3N4O2S2/c26-13-15-1-5-18(6-2-15)22(35)31-23-32-33-24(37-23)36-14-16-3-7-17(8-4-16)21(34)30-20-11-9-19(10-12-20)25(27,28)29/h1-12H,13-14H2,(H,30,34)(H,31,32,35). The highest BCUT2D eigenvalue weighted by atomic mass is 35.5. The second-order valence-corrected chi connectivity index (χ2v) is 10.1. The highest BCUT2D eigenvalue weighted by molar-refractivity contribution is 8.00. The molecule has 0 saturated heterocycles. The van der Waals surface area contributed by atoms with Gasteiger partial charge in [0.05, 0.1) is 5.56 Å². The number of thioether (sulfide) groups is 1. The first-order valence-corrected chi connectivity index (χ1v) is 13.0. The first-order chi connectivity index (χ1) is 17.7. The SMILES string of the molecule is O=C(Nc1ccc(C(F)(F)F)cc1)c1ccc(CSc2nnc(NC(=O)c3ccc(CCl)cc3)s2)cc1.